The first-order chi connectivity index (χ1) is 8.13. The molecule has 0 bridgehead atoms. The van der Waals surface area contributed by atoms with Crippen LogP contribution in [0.25, 0.3) is 0 Å². The second-order valence-electron chi connectivity index (χ2n) is 5.55. The number of amides is 1. The molecular formula is C14H29ClN2O. The highest BCUT2D eigenvalue weighted by Gasteiger charge is 2.23. The van der Waals surface area contributed by atoms with Gasteiger partial charge >= 0.3 is 0 Å². The molecule has 108 valence electrons. The molecule has 1 rings (SSSR count). The van der Waals surface area contributed by atoms with Crippen LogP contribution < -0.4 is 11.1 Å². The average Bonchev–Trinajstić information content (AvgIpc) is 2.77. The molecule has 0 aromatic rings. The van der Waals surface area contributed by atoms with E-state index in [4.69, 9.17) is 5.73 Å². The van der Waals surface area contributed by atoms with Crippen molar-refractivity contribution in [2.75, 3.05) is 6.54 Å². The van der Waals surface area contributed by atoms with Crippen molar-refractivity contribution in [2.24, 2.45) is 17.6 Å². The van der Waals surface area contributed by atoms with Crippen molar-refractivity contribution >= 4 is 18.3 Å². The SMILES string of the molecule is CCC(CC1CCCC1)C(=O)NCCC(C)N.Cl. The van der Waals surface area contributed by atoms with Crippen LogP contribution in [0.2, 0.25) is 0 Å². The van der Waals surface area contributed by atoms with Gasteiger partial charge in [-0.3, -0.25) is 4.79 Å². The Balaban J connectivity index is 0.00000289. The molecule has 0 heterocycles. The smallest absolute Gasteiger partial charge is 0.223 e. The molecule has 0 radical (unpaired) electrons. The molecule has 2 unspecified atom stereocenters. The lowest BCUT2D eigenvalue weighted by Crippen LogP contribution is -2.34. The van der Waals surface area contributed by atoms with Crippen molar-refractivity contribution in [2.45, 2.75) is 64.8 Å². The van der Waals surface area contributed by atoms with Gasteiger partial charge in [0, 0.05) is 18.5 Å². The molecule has 1 saturated carbocycles. The second kappa shape index (κ2) is 9.62. The summed E-state index contributed by atoms with van der Waals surface area (Å²) in [7, 11) is 0. The number of hydrogen-bond donors (Lipinski definition) is 2. The summed E-state index contributed by atoms with van der Waals surface area (Å²) < 4.78 is 0. The fourth-order valence-electron chi connectivity index (χ4n) is 2.67. The van der Waals surface area contributed by atoms with E-state index in [2.05, 4.69) is 12.2 Å². The van der Waals surface area contributed by atoms with E-state index >= 15 is 0 Å². The number of halogens is 1. The molecule has 3 nitrogen and oxygen atoms in total. The third kappa shape index (κ3) is 6.60. The average molecular weight is 277 g/mol. The molecule has 1 aliphatic carbocycles. The Morgan fingerprint density at radius 1 is 1.39 bits per heavy atom. The van der Waals surface area contributed by atoms with Crippen molar-refractivity contribution in [1.82, 2.24) is 5.32 Å². The van der Waals surface area contributed by atoms with Gasteiger partial charge in [0.2, 0.25) is 5.91 Å². The van der Waals surface area contributed by atoms with Crippen LogP contribution in [0, 0.1) is 11.8 Å². The number of nitrogens with one attached hydrogen (secondary N) is 1. The minimum absolute atomic E-state index is 0. The number of nitrogens with two attached hydrogens (primary N) is 1. The Hall–Kier alpha value is -0.280. The van der Waals surface area contributed by atoms with E-state index in [-0.39, 0.29) is 30.3 Å². The molecule has 1 aliphatic rings. The van der Waals surface area contributed by atoms with Crippen LogP contribution >= 0.6 is 12.4 Å². The summed E-state index contributed by atoms with van der Waals surface area (Å²) >= 11 is 0. The summed E-state index contributed by atoms with van der Waals surface area (Å²) in [6.45, 7) is 4.81. The minimum Gasteiger partial charge on any atom is -0.356 e. The maximum atomic E-state index is 12.0. The number of carbonyl (C=O) groups excluding carboxylic acids is 1. The van der Waals surface area contributed by atoms with E-state index in [1.165, 1.54) is 25.7 Å². The molecule has 18 heavy (non-hydrogen) atoms. The summed E-state index contributed by atoms with van der Waals surface area (Å²) in [5.41, 5.74) is 5.67. The number of rotatable bonds is 7. The molecule has 1 amide bonds. The number of carbonyl (C=O) groups is 1. The predicted molar refractivity (Wildman–Crippen MR) is 78.9 cm³/mol. The lowest BCUT2D eigenvalue weighted by atomic mass is 9.91. The van der Waals surface area contributed by atoms with Gasteiger partial charge in [0.25, 0.3) is 0 Å². The molecule has 0 saturated heterocycles. The third-order valence-electron chi connectivity index (χ3n) is 3.86. The Morgan fingerprint density at radius 2 is 2.00 bits per heavy atom. The molecule has 0 spiro atoms. The molecule has 3 N–H and O–H groups in total. The summed E-state index contributed by atoms with van der Waals surface area (Å²) in [6, 6.07) is 0.171. The minimum atomic E-state index is 0. The predicted octanol–water partition coefficient (Wildman–Crippen LogP) is 2.87. The van der Waals surface area contributed by atoms with Crippen molar-refractivity contribution in [1.29, 1.82) is 0 Å². The van der Waals surface area contributed by atoms with Gasteiger partial charge in [-0.25, -0.2) is 0 Å². The Kier molecular flexibility index (Phi) is 9.47. The van der Waals surface area contributed by atoms with Gasteiger partial charge in [-0.05, 0) is 32.1 Å². The molecule has 0 aromatic carbocycles. The zero-order valence-corrected chi connectivity index (χ0v) is 12.6. The van der Waals surface area contributed by atoms with Gasteiger partial charge in [0.15, 0.2) is 0 Å². The van der Waals surface area contributed by atoms with Gasteiger partial charge in [-0.1, -0.05) is 32.6 Å². The van der Waals surface area contributed by atoms with Gasteiger partial charge in [0.05, 0.1) is 0 Å². The van der Waals surface area contributed by atoms with Crippen molar-refractivity contribution in [3.8, 4) is 0 Å². The van der Waals surface area contributed by atoms with E-state index in [1.807, 2.05) is 6.92 Å². The maximum Gasteiger partial charge on any atom is 0.223 e. The largest absolute Gasteiger partial charge is 0.356 e. The highest BCUT2D eigenvalue weighted by Crippen LogP contribution is 2.31. The monoisotopic (exact) mass is 276 g/mol. The topological polar surface area (TPSA) is 55.1 Å². The Labute approximate surface area is 118 Å². The van der Waals surface area contributed by atoms with Gasteiger partial charge in [0.1, 0.15) is 0 Å². The molecule has 1 fully saturated rings. The lowest BCUT2D eigenvalue weighted by molar-refractivity contribution is -0.125. The van der Waals surface area contributed by atoms with Crippen LogP contribution in [-0.2, 0) is 4.79 Å². The zero-order valence-electron chi connectivity index (χ0n) is 11.8. The Morgan fingerprint density at radius 3 is 2.50 bits per heavy atom. The standard InChI is InChI=1S/C14H28N2O.ClH/c1-3-13(10-12-6-4-5-7-12)14(17)16-9-8-11(2)15;/h11-13H,3-10,15H2,1-2H3,(H,16,17);1H. The summed E-state index contributed by atoms with van der Waals surface area (Å²) in [4.78, 5) is 12.0. The van der Waals surface area contributed by atoms with Crippen molar-refractivity contribution in [3.05, 3.63) is 0 Å². The second-order valence-corrected chi connectivity index (χ2v) is 5.55. The highest BCUT2D eigenvalue weighted by atomic mass is 35.5. The van der Waals surface area contributed by atoms with E-state index in [1.54, 1.807) is 0 Å². The zero-order chi connectivity index (χ0) is 12.7. The van der Waals surface area contributed by atoms with Crippen LogP contribution in [-0.4, -0.2) is 18.5 Å². The van der Waals surface area contributed by atoms with Gasteiger partial charge in [-0.15, -0.1) is 12.4 Å². The first-order valence-electron chi connectivity index (χ1n) is 7.16. The van der Waals surface area contributed by atoms with Crippen LogP contribution in [0.3, 0.4) is 0 Å². The fourth-order valence-corrected chi connectivity index (χ4v) is 2.67. The first-order valence-corrected chi connectivity index (χ1v) is 7.16. The van der Waals surface area contributed by atoms with Crippen molar-refractivity contribution < 1.29 is 4.79 Å². The fraction of sp³-hybridized carbons (Fsp3) is 0.929. The Bertz CT molecular complexity index is 228. The molecule has 4 heteroatoms. The first kappa shape index (κ1) is 17.7. The summed E-state index contributed by atoms with van der Waals surface area (Å²) in [5.74, 6) is 1.24. The van der Waals surface area contributed by atoms with E-state index < -0.39 is 0 Å². The summed E-state index contributed by atoms with van der Waals surface area (Å²) in [5, 5.41) is 3.02. The quantitative estimate of drug-likeness (QED) is 0.751. The summed E-state index contributed by atoms with van der Waals surface area (Å²) in [6.07, 6.45) is 8.26. The normalized spacial score (nSPS) is 19.1. The van der Waals surface area contributed by atoms with Crippen molar-refractivity contribution in [3.63, 3.8) is 0 Å². The van der Waals surface area contributed by atoms with Gasteiger partial charge < -0.3 is 11.1 Å². The van der Waals surface area contributed by atoms with Crippen LogP contribution in [0.15, 0.2) is 0 Å². The highest BCUT2D eigenvalue weighted by molar-refractivity contribution is 5.85. The van der Waals surface area contributed by atoms with Crippen LogP contribution in [0.1, 0.15) is 58.8 Å². The molecule has 2 atom stereocenters. The molecular weight excluding hydrogens is 248 g/mol. The van der Waals surface area contributed by atoms with Gasteiger partial charge in [-0.2, -0.15) is 0 Å². The number of hydrogen-bond acceptors (Lipinski definition) is 2. The maximum absolute atomic E-state index is 12.0. The lowest BCUT2D eigenvalue weighted by Gasteiger charge is -2.19. The van der Waals surface area contributed by atoms with E-state index in [9.17, 15) is 4.79 Å². The van der Waals surface area contributed by atoms with Crippen LogP contribution in [0.4, 0.5) is 0 Å². The third-order valence-corrected chi connectivity index (χ3v) is 3.86. The molecule has 0 aromatic heterocycles. The molecule has 0 aliphatic heterocycles. The van der Waals surface area contributed by atoms with E-state index in [0.717, 1.165) is 31.7 Å². The van der Waals surface area contributed by atoms with E-state index in [0.29, 0.717) is 0 Å². The van der Waals surface area contributed by atoms with Crippen LogP contribution in [0.5, 0.6) is 0 Å².